The van der Waals surface area contributed by atoms with E-state index in [4.69, 9.17) is 5.11 Å². The van der Waals surface area contributed by atoms with Gasteiger partial charge < -0.3 is 5.11 Å². The van der Waals surface area contributed by atoms with Crippen LogP contribution >= 0.6 is 27.7 Å². The Labute approximate surface area is 116 Å². The van der Waals surface area contributed by atoms with Crippen molar-refractivity contribution in [2.24, 2.45) is 0 Å². The maximum Gasteiger partial charge on any atom is 0.209 e. The summed E-state index contributed by atoms with van der Waals surface area (Å²) in [4.78, 5) is 0. The van der Waals surface area contributed by atoms with E-state index in [-0.39, 0.29) is 12.4 Å². The Morgan fingerprint density at radius 3 is 3.00 bits per heavy atom. The Morgan fingerprint density at radius 1 is 1.44 bits per heavy atom. The van der Waals surface area contributed by atoms with E-state index in [1.165, 1.54) is 22.5 Å². The zero-order chi connectivity index (χ0) is 13.0. The third kappa shape index (κ3) is 3.27. The number of halogens is 2. The van der Waals surface area contributed by atoms with Crippen molar-refractivity contribution in [3.63, 3.8) is 0 Å². The van der Waals surface area contributed by atoms with Crippen molar-refractivity contribution >= 4 is 27.7 Å². The van der Waals surface area contributed by atoms with Crippen molar-refractivity contribution in [2.75, 3.05) is 6.61 Å². The van der Waals surface area contributed by atoms with Crippen LogP contribution in [0.3, 0.4) is 0 Å². The van der Waals surface area contributed by atoms with E-state index < -0.39 is 0 Å². The number of aliphatic hydroxyl groups excluding tert-OH is 1. The fraction of sp³-hybridized carbons (Fsp3) is 0.300. The number of tetrazole rings is 1. The summed E-state index contributed by atoms with van der Waals surface area (Å²) < 4.78 is 15.0. The first kappa shape index (κ1) is 13.4. The lowest BCUT2D eigenvalue weighted by molar-refractivity contribution is 0.262. The number of aliphatic hydroxyl groups is 1. The molecule has 0 fully saturated rings. The molecule has 0 atom stereocenters. The topological polar surface area (TPSA) is 63.8 Å². The average molecular weight is 333 g/mol. The molecule has 1 heterocycles. The minimum Gasteiger partial charge on any atom is -0.394 e. The molecule has 2 aromatic rings. The van der Waals surface area contributed by atoms with Crippen LogP contribution in [0.4, 0.5) is 4.39 Å². The second-order valence-electron chi connectivity index (χ2n) is 3.45. The molecule has 1 aromatic heterocycles. The molecule has 0 unspecified atom stereocenters. The summed E-state index contributed by atoms with van der Waals surface area (Å²) in [7, 11) is 0. The number of hydrogen-bond donors (Lipinski definition) is 1. The fourth-order valence-corrected chi connectivity index (χ4v) is 2.58. The number of benzene rings is 1. The lowest BCUT2D eigenvalue weighted by Gasteiger charge is -2.03. The summed E-state index contributed by atoms with van der Waals surface area (Å²) >= 11 is 4.58. The Balaban J connectivity index is 2.02. The lowest BCUT2D eigenvalue weighted by Crippen LogP contribution is -2.05. The maximum absolute atomic E-state index is 13.1. The average Bonchev–Trinajstić information content (AvgIpc) is 2.79. The van der Waals surface area contributed by atoms with Crippen LogP contribution in [0.2, 0.25) is 0 Å². The van der Waals surface area contributed by atoms with Crippen LogP contribution in [0.15, 0.2) is 27.8 Å². The number of aromatic nitrogens is 4. The standard InChI is InChI=1S/C10H10BrFN4OS/c11-8-5-7(1-2-9(8)12)6-18-10-13-14-15-16(10)3-4-17/h1-2,5,17H,3-4,6H2. The Hall–Kier alpha value is -0.990. The minimum atomic E-state index is -0.283. The van der Waals surface area contributed by atoms with Gasteiger partial charge in [-0.1, -0.05) is 17.8 Å². The molecule has 2 rings (SSSR count). The van der Waals surface area contributed by atoms with Gasteiger partial charge in [0.2, 0.25) is 5.16 Å². The highest BCUT2D eigenvalue weighted by atomic mass is 79.9. The molecule has 1 N–H and O–H groups in total. The molecule has 5 nitrogen and oxygen atoms in total. The molecule has 0 amide bonds. The summed E-state index contributed by atoms with van der Waals surface area (Å²) in [5.74, 6) is 0.346. The summed E-state index contributed by atoms with van der Waals surface area (Å²) in [6, 6.07) is 4.85. The monoisotopic (exact) mass is 332 g/mol. The minimum absolute atomic E-state index is 0.0132. The molecule has 0 bridgehead atoms. The van der Waals surface area contributed by atoms with Crippen LogP contribution in [0.5, 0.6) is 0 Å². The van der Waals surface area contributed by atoms with Gasteiger partial charge in [0.15, 0.2) is 0 Å². The molecule has 0 saturated carbocycles. The van der Waals surface area contributed by atoms with E-state index in [1.54, 1.807) is 12.1 Å². The first-order valence-electron chi connectivity index (χ1n) is 5.14. The SMILES string of the molecule is OCCn1nnnc1SCc1ccc(F)c(Br)c1. The molecule has 18 heavy (non-hydrogen) atoms. The van der Waals surface area contributed by atoms with Gasteiger partial charge in [0, 0.05) is 5.75 Å². The highest BCUT2D eigenvalue weighted by Gasteiger charge is 2.07. The molecule has 0 radical (unpaired) electrons. The third-order valence-corrected chi connectivity index (χ3v) is 3.80. The zero-order valence-corrected chi connectivity index (χ0v) is 11.7. The van der Waals surface area contributed by atoms with E-state index >= 15 is 0 Å². The van der Waals surface area contributed by atoms with E-state index in [2.05, 4.69) is 31.5 Å². The molecule has 0 aliphatic rings. The molecule has 8 heteroatoms. The van der Waals surface area contributed by atoms with Gasteiger partial charge in [0.05, 0.1) is 17.6 Å². The van der Waals surface area contributed by atoms with Crippen LogP contribution in [0, 0.1) is 5.82 Å². The van der Waals surface area contributed by atoms with Crippen LogP contribution in [0.1, 0.15) is 5.56 Å². The summed E-state index contributed by atoms with van der Waals surface area (Å²) in [6.45, 7) is 0.350. The fourth-order valence-electron chi connectivity index (χ4n) is 1.31. The quantitative estimate of drug-likeness (QED) is 0.846. The second kappa shape index (κ2) is 6.26. The highest BCUT2D eigenvalue weighted by molar-refractivity contribution is 9.10. The van der Waals surface area contributed by atoms with E-state index in [0.717, 1.165) is 5.56 Å². The maximum atomic E-state index is 13.1. The lowest BCUT2D eigenvalue weighted by atomic mass is 10.2. The normalized spacial score (nSPS) is 10.8. The van der Waals surface area contributed by atoms with Gasteiger partial charge in [0.1, 0.15) is 5.82 Å². The van der Waals surface area contributed by atoms with E-state index in [9.17, 15) is 4.39 Å². The van der Waals surface area contributed by atoms with Crippen molar-refractivity contribution < 1.29 is 9.50 Å². The van der Waals surface area contributed by atoms with Gasteiger partial charge in [-0.2, -0.15) is 0 Å². The summed E-state index contributed by atoms with van der Waals surface area (Å²) in [5.41, 5.74) is 0.965. The van der Waals surface area contributed by atoms with Gasteiger partial charge in [-0.05, 0) is 44.1 Å². The van der Waals surface area contributed by atoms with E-state index in [0.29, 0.717) is 21.9 Å². The van der Waals surface area contributed by atoms with Gasteiger partial charge in [-0.3, -0.25) is 0 Å². The first-order valence-corrected chi connectivity index (χ1v) is 6.92. The van der Waals surface area contributed by atoms with Gasteiger partial charge >= 0.3 is 0 Å². The van der Waals surface area contributed by atoms with Gasteiger partial charge in [-0.25, -0.2) is 9.07 Å². The molecule has 1 aromatic carbocycles. The first-order chi connectivity index (χ1) is 8.70. The van der Waals surface area contributed by atoms with Crippen LogP contribution < -0.4 is 0 Å². The number of rotatable bonds is 5. The van der Waals surface area contributed by atoms with Gasteiger partial charge in [-0.15, -0.1) is 5.10 Å². The molecular formula is C10H10BrFN4OS. The summed E-state index contributed by atoms with van der Waals surface area (Å²) in [5, 5.41) is 20.6. The van der Waals surface area contributed by atoms with Crippen molar-refractivity contribution in [2.45, 2.75) is 17.5 Å². The van der Waals surface area contributed by atoms with Crippen LogP contribution in [-0.4, -0.2) is 31.9 Å². The van der Waals surface area contributed by atoms with Crippen LogP contribution in [0.25, 0.3) is 0 Å². The zero-order valence-electron chi connectivity index (χ0n) is 9.25. The van der Waals surface area contributed by atoms with E-state index in [1.807, 2.05) is 0 Å². The Morgan fingerprint density at radius 2 is 2.28 bits per heavy atom. The van der Waals surface area contributed by atoms with Crippen molar-refractivity contribution in [1.29, 1.82) is 0 Å². The summed E-state index contributed by atoms with van der Waals surface area (Å²) in [6.07, 6.45) is 0. The number of nitrogens with zero attached hydrogens (tertiary/aromatic N) is 4. The molecule has 96 valence electrons. The predicted molar refractivity (Wildman–Crippen MR) is 68.6 cm³/mol. The molecular weight excluding hydrogens is 323 g/mol. The molecule has 0 aliphatic heterocycles. The second-order valence-corrected chi connectivity index (χ2v) is 5.24. The highest BCUT2D eigenvalue weighted by Crippen LogP contribution is 2.23. The largest absolute Gasteiger partial charge is 0.394 e. The number of hydrogen-bond acceptors (Lipinski definition) is 5. The third-order valence-electron chi connectivity index (χ3n) is 2.16. The van der Waals surface area contributed by atoms with Crippen molar-refractivity contribution in [3.8, 4) is 0 Å². The van der Waals surface area contributed by atoms with Crippen molar-refractivity contribution in [3.05, 3.63) is 34.1 Å². The number of thioether (sulfide) groups is 1. The molecule has 0 saturated heterocycles. The molecule has 0 aliphatic carbocycles. The Kier molecular flexibility index (Phi) is 4.67. The Bertz CT molecular complexity index is 536. The smallest absolute Gasteiger partial charge is 0.209 e. The molecule has 0 spiro atoms. The van der Waals surface area contributed by atoms with Gasteiger partial charge in [0.25, 0.3) is 0 Å². The predicted octanol–water partition coefficient (Wildman–Crippen LogP) is 1.86. The van der Waals surface area contributed by atoms with Crippen LogP contribution in [-0.2, 0) is 12.3 Å². The van der Waals surface area contributed by atoms with Crippen molar-refractivity contribution in [1.82, 2.24) is 20.2 Å².